The van der Waals surface area contributed by atoms with Gasteiger partial charge in [0.1, 0.15) is 29.4 Å². The van der Waals surface area contributed by atoms with Crippen LogP contribution in [0.2, 0.25) is 0 Å². The number of alkyl carbamates (subject to hydrolysis) is 2. The Morgan fingerprint density at radius 2 is 1.19 bits per heavy atom. The molecular weight excluding hydrogens is 743 g/mol. The fourth-order valence-electron chi connectivity index (χ4n) is 7.70. The molecule has 4 unspecified atom stereocenters. The van der Waals surface area contributed by atoms with E-state index in [2.05, 4.69) is 35.6 Å². The number of pyridine rings is 1. The molecule has 58 heavy (non-hydrogen) atoms. The van der Waals surface area contributed by atoms with Crippen LogP contribution < -0.4 is 10.6 Å². The molecule has 7 rings (SSSR count). The van der Waals surface area contributed by atoms with Crippen LogP contribution >= 0.6 is 0 Å². The number of H-pyrrole nitrogens is 2. The lowest BCUT2D eigenvalue weighted by atomic mass is 10.0. The van der Waals surface area contributed by atoms with Gasteiger partial charge >= 0.3 is 12.2 Å². The summed E-state index contributed by atoms with van der Waals surface area (Å²) in [5.74, 6) is 0.795. The fourth-order valence-corrected chi connectivity index (χ4v) is 7.70. The van der Waals surface area contributed by atoms with Crippen LogP contribution in [0.25, 0.3) is 44.9 Å². The van der Waals surface area contributed by atoms with Crippen LogP contribution in [-0.2, 0) is 19.1 Å². The number of nitrogens with one attached hydrogen (secondary N) is 4. The van der Waals surface area contributed by atoms with Crippen molar-refractivity contribution >= 4 is 35.0 Å². The van der Waals surface area contributed by atoms with Gasteiger partial charge in [-0.3, -0.25) is 19.6 Å². The van der Waals surface area contributed by atoms with E-state index in [0.29, 0.717) is 47.2 Å². The van der Waals surface area contributed by atoms with Crippen molar-refractivity contribution in [3.63, 3.8) is 0 Å². The van der Waals surface area contributed by atoms with Gasteiger partial charge in [-0.1, -0.05) is 33.8 Å². The molecule has 1 aromatic carbocycles. The molecule has 6 heterocycles. The normalized spacial score (nSPS) is 17.8. The molecule has 4 atom stereocenters. The number of carbonyl (C=O) groups excluding carboxylic acids is 4. The number of amides is 4. The Hall–Kier alpha value is -6.39. The smallest absolute Gasteiger partial charge is 0.407 e. The maximum Gasteiger partial charge on any atom is 0.407 e. The number of ether oxygens (including phenoxy) is 2. The molecule has 304 valence electrons. The highest BCUT2D eigenvalue weighted by molar-refractivity contribution is 5.87. The number of likely N-dealkylation sites (tertiary alicyclic amines) is 2. The Balaban J connectivity index is 1.02. The lowest BCUT2D eigenvalue weighted by Gasteiger charge is -2.30. The number of rotatable bonds is 11. The second kappa shape index (κ2) is 17.0. The minimum Gasteiger partial charge on any atom is -0.453 e. The van der Waals surface area contributed by atoms with Crippen LogP contribution in [0.3, 0.4) is 0 Å². The minimum atomic E-state index is -0.708. The number of aromatic amines is 2. The first-order chi connectivity index (χ1) is 27.9. The van der Waals surface area contributed by atoms with E-state index >= 15 is 0 Å². The maximum absolute atomic E-state index is 13.6. The molecule has 0 radical (unpaired) electrons. The van der Waals surface area contributed by atoms with Crippen LogP contribution in [-0.4, -0.2) is 108 Å². The number of benzene rings is 1. The van der Waals surface area contributed by atoms with Gasteiger partial charge in [-0.05, 0) is 61.8 Å². The van der Waals surface area contributed by atoms with E-state index in [1.807, 2.05) is 58.0 Å². The number of hydrogen-bond donors (Lipinski definition) is 4. The highest BCUT2D eigenvalue weighted by Gasteiger charge is 2.39. The van der Waals surface area contributed by atoms with Gasteiger partial charge in [-0.15, -0.1) is 0 Å². The number of hydrogen-bond acceptors (Lipinski definition) is 11. The predicted molar refractivity (Wildman–Crippen MR) is 214 cm³/mol. The average molecular weight is 792 g/mol. The monoisotopic (exact) mass is 791 g/mol. The van der Waals surface area contributed by atoms with Gasteiger partial charge in [0, 0.05) is 30.4 Å². The van der Waals surface area contributed by atoms with E-state index in [9.17, 15) is 19.2 Å². The van der Waals surface area contributed by atoms with E-state index in [1.165, 1.54) is 14.2 Å². The van der Waals surface area contributed by atoms with E-state index in [0.717, 1.165) is 48.2 Å². The van der Waals surface area contributed by atoms with Crippen LogP contribution in [0.4, 0.5) is 9.59 Å². The van der Waals surface area contributed by atoms with Crippen molar-refractivity contribution in [1.29, 1.82) is 0 Å². The zero-order valence-corrected chi connectivity index (χ0v) is 33.5. The van der Waals surface area contributed by atoms with Crippen LogP contribution in [0.15, 0.2) is 55.1 Å². The SMILES string of the molecule is COC(=O)NC(C(=O)N1CCCC1c1ncc(-c2ccc(-c3cnc4cc(-c5cnc(C6CCCN6C(=O)C(NC(=O)OC)C(C)C)[nH]5)ccc4n3)nc2)[nH]1)C(C)C. The first-order valence-corrected chi connectivity index (χ1v) is 19.6. The summed E-state index contributed by atoms with van der Waals surface area (Å²) < 4.78 is 9.50. The topological polar surface area (TPSA) is 213 Å². The summed E-state index contributed by atoms with van der Waals surface area (Å²) in [6.45, 7) is 8.70. The first kappa shape index (κ1) is 39.8. The van der Waals surface area contributed by atoms with Gasteiger partial charge in [0.15, 0.2) is 0 Å². The number of nitrogens with zero attached hydrogens (tertiary/aromatic N) is 7. The Labute approximate surface area is 335 Å². The molecule has 4 aromatic heterocycles. The van der Waals surface area contributed by atoms with E-state index in [1.54, 1.807) is 34.6 Å². The summed E-state index contributed by atoms with van der Waals surface area (Å²) in [6, 6.07) is 7.73. The van der Waals surface area contributed by atoms with Crippen molar-refractivity contribution in [1.82, 2.24) is 55.3 Å². The zero-order valence-electron chi connectivity index (χ0n) is 33.5. The molecule has 2 saturated heterocycles. The first-order valence-electron chi connectivity index (χ1n) is 19.6. The van der Waals surface area contributed by atoms with Gasteiger partial charge in [-0.25, -0.2) is 24.5 Å². The number of aromatic nitrogens is 7. The van der Waals surface area contributed by atoms with Gasteiger partial charge in [0.25, 0.3) is 0 Å². The molecule has 0 aliphatic carbocycles. The standard InChI is InChI=1S/C41H49N11O6/c1-22(2)34(49-40(55)57-5)38(53)51-15-7-9-32(51)36-44-19-29(47-36)24-11-14-27-28(17-24)43-21-31(46-27)26-13-12-25(18-42-26)30-20-45-37(48-30)33-10-8-16-52(33)39(54)35(23(3)4)50-41(56)58-6/h11-14,17-23,32-35H,7-10,15-16H2,1-6H3,(H,44,47)(H,45,48)(H,49,55)(H,50,56). The predicted octanol–water partition coefficient (Wildman–Crippen LogP) is 5.56. The van der Waals surface area contributed by atoms with Crippen LogP contribution in [0.1, 0.15) is 77.1 Å². The highest BCUT2D eigenvalue weighted by atomic mass is 16.5. The lowest BCUT2D eigenvalue weighted by molar-refractivity contribution is -0.136. The summed E-state index contributed by atoms with van der Waals surface area (Å²) in [5, 5.41) is 5.37. The summed E-state index contributed by atoms with van der Waals surface area (Å²) in [7, 11) is 2.56. The second-order valence-corrected chi connectivity index (χ2v) is 15.3. The number of carbonyl (C=O) groups is 4. The Morgan fingerprint density at radius 3 is 1.69 bits per heavy atom. The molecule has 0 spiro atoms. The second-order valence-electron chi connectivity index (χ2n) is 15.3. The van der Waals surface area contributed by atoms with Gasteiger partial charge in [0.05, 0.1) is 73.0 Å². The number of methoxy groups -OCH3 is 2. The molecule has 2 aliphatic heterocycles. The number of imidazole rings is 2. The average Bonchev–Trinajstić information content (AvgIpc) is 4.07. The molecule has 0 bridgehead atoms. The van der Waals surface area contributed by atoms with Gasteiger partial charge in [0.2, 0.25) is 11.8 Å². The summed E-state index contributed by atoms with van der Waals surface area (Å²) in [4.78, 5) is 84.9. The molecule has 0 saturated carbocycles. The van der Waals surface area contributed by atoms with Crippen molar-refractivity contribution in [3.05, 3.63) is 66.8 Å². The molecule has 4 amide bonds. The van der Waals surface area contributed by atoms with Crippen molar-refractivity contribution in [2.45, 2.75) is 77.5 Å². The molecule has 5 aromatic rings. The van der Waals surface area contributed by atoms with Gasteiger partial charge < -0.3 is 39.9 Å². The molecule has 2 fully saturated rings. The fraction of sp³-hybridized carbons (Fsp3) is 0.439. The van der Waals surface area contributed by atoms with Crippen molar-refractivity contribution in [2.24, 2.45) is 11.8 Å². The molecule has 17 nitrogen and oxygen atoms in total. The molecular formula is C41H49N11O6. The summed E-state index contributed by atoms with van der Waals surface area (Å²) in [5.41, 5.74) is 5.93. The highest BCUT2D eigenvalue weighted by Crippen LogP contribution is 2.35. The zero-order chi connectivity index (χ0) is 41.1. The third kappa shape index (κ3) is 8.19. The van der Waals surface area contributed by atoms with Crippen molar-refractivity contribution < 1.29 is 28.7 Å². The summed E-state index contributed by atoms with van der Waals surface area (Å²) >= 11 is 0. The van der Waals surface area contributed by atoms with Crippen molar-refractivity contribution in [2.75, 3.05) is 27.3 Å². The largest absolute Gasteiger partial charge is 0.453 e. The van der Waals surface area contributed by atoms with E-state index in [4.69, 9.17) is 19.4 Å². The van der Waals surface area contributed by atoms with Crippen LogP contribution in [0.5, 0.6) is 0 Å². The quantitative estimate of drug-likeness (QED) is 0.130. The summed E-state index contributed by atoms with van der Waals surface area (Å²) in [6.07, 6.45) is 8.83. The Morgan fingerprint density at radius 1 is 0.655 bits per heavy atom. The minimum absolute atomic E-state index is 0.122. The molecule has 2 aliphatic rings. The number of fused-ring (bicyclic) bond motifs is 1. The van der Waals surface area contributed by atoms with Crippen molar-refractivity contribution in [3.8, 4) is 33.9 Å². The third-order valence-corrected chi connectivity index (χ3v) is 10.9. The van der Waals surface area contributed by atoms with E-state index < -0.39 is 24.3 Å². The van der Waals surface area contributed by atoms with Crippen LogP contribution in [0, 0.1) is 11.8 Å². The Bertz CT molecular complexity index is 2290. The molecule has 4 N–H and O–H groups in total. The maximum atomic E-state index is 13.6. The molecule has 17 heteroatoms. The van der Waals surface area contributed by atoms with E-state index in [-0.39, 0.29) is 35.7 Å². The Kier molecular flexibility index (Phi) is 11.7. The lowest BCUT2D eigenvalue weighted by Crippen LogP contribution is -2.51. The third-order valence-electron chi connectivity index (χ3n) is 10.9. The van der Waals surface area contributed by atoms with Gasteiger partial charge in [-0.2, -0.15) is 0 Å².